The van der Waals surface area contributed by atoms with Crippen LogP contribution in [0, 0.1) is 20.8 Å². The molecule has 0 saturated carbocycles. The van der Waals surface area contributed by atoms with E-state index in [9.17, 15) is 9.59 Å². The number of aryl methyl sites for hydroxylation is 3. The van der Waals surface area contributed by atoms with Gasteiger partial charge in [0.25, 0.3) is 0 Å². The van der Waals surface area contributed by atoms with Gasteiger partial charge in [-0.15, -0.1) is 0 Å². The van der Waals surface area contributed by atoms with Crippen molar-refractivity contribution >= 4 is 17.5 Å². The molecule has 1 atom stereocenters. The second-order valence-electron chi connectivity index (χ2n) is 8.15. The Labute approximate surface area is 182 Å². The highest BCUT2D eigenvalue weighted by Gasteiger charge is 2.36. The minimum Gasteiger partial charge on any atom is -0.494 e. The van der Waals surface area contributed by atoms with Gasteiger partial charge >= 0.3 is 0 Å². The number of hydrogen-bond donors (Lipinski definition) is 1. The van der Waals surface area contributed by atoms with E-state index >= 15 is 0 Å². The summed E-state index contributed by atoms with van der Waals surface area (Å²) in [7, 11) is 0. The number of carbonyl (C=O) groups excluding carboxylic acids is 2. The molecular weight excluding hydrogens is 390 g/mol. The van der Waals surface area contributed by atoms with Gasteiger partial charge in [-0.2, -0.15) is 5.10 Å². The lowest BCUT2D eigenvalue weighted by atomic mass is 9.85. The van der Waals surface area contributed by atoms with Crippen LogP contribution in [-0.2, 0) is 4.79 Å². The van der Waals surface area contributed by atoms with E-state index in [1.54, 1.807) is 28.9 Å². The van der Waals surface area contributed by atoms with Crippen LogP contribution in [0.25, 0.3) is 5.69 Å². The van der Waals surface area contributed by atoms with E-state index in [0.29, 0.717) is 18.0 Å². The quantitative estimate of drug-likeness (QED) is 0.579. The summed E-state index contributed by atoms with van der Waals surface area (Å²) in [6, 6.07) is 13.3. The second-order valence-corrected chi connectivity index (χ2v) is 8.15. The van der Waals surface area contributed by atoms with E-state index in [1.807, 2.05) is 39.8 Å². The lowest BCUT2D eigenvalue weighted by Crippen LogP contribution is -2.28. The molecule has 0 aliphatic carbocycles. The van der Waals surface area contributed by atoms with E-state index in [-0.39, 0.29) is 18.1 Å². The SMILES string of the molecule is CCCOc1ccc(C(=O)[C@@H]2CC(=O)Nc3c2c(C)nn3-c2cc(C)cc(C)c2)cc1. The Morgan fingerprint density at radius 1 is 1.13 bits per heavy atom. The smallest absolute Gasteiger partial charge is 0.226 e. The summed E-state index contributed by atoms with van der Waals surface area (Å²) >= 11 is 0. The summed E-state index contributed by atoms with van der Waals surface area (Å²) in [5.74, 6) is 0.491. The fraction of sp³-hybridized carbons (Fsp3) is 0.320. The van der Waals surface area contributed by atoms with Crippen LogP contribution in [-0.4, -0.2) is 28.1 Å². The summed E-state index contributed by atoms with van der Waals surface area (Å²) in [6.45, 7) is 8.62. The molecule has 2 heterocycles. The number of anilines is 1. The third-order valence-corrected chi connectivity index (χ3v) is 5.48. The Kier molecular flexibility index (Phi) is 5.63. The third-order valence-electron chi connectivity index (χ3n) is 5.48. The molecule has 0 saturated heterocycles. The van der Waals surface area contributed by atoms with Crippen LogP contribution in [0.1, 0.15) is 58.4 Å². The molecule has 160 valence electrons. The molecule has 0 bridgehead atoms. The largest absolute Gasteiger partial charge is 0.494 e. The van der Waals surface area contributed by atoms with E-state index < -0.39 is 5.92 Å². The molecular formula is C25H27N3O3. The van der Waals surface area contributed by atoms with Gasteiger partial charge in [-0.3, -0.25) is 9.59 Å². The average Bonchev–Trinajstić information content (AvgIpc) is 3.07. The van der Waals surface area contributed by atoms with Crippen LogP contribution in [0.15, 0.2) is 42.5 Å². The molecule has 1 aliphatic rings. The van der Waals surface area contributed by atoms with Crippen LogP contribution in [0.2, 0.25) is 0 Å². The van der Waals surface area contributed by atoms with Crippen LogP contribution in [0.3, 0.4) is 0 Å². The number of Topliss-reactive ketones (excluding diaryl/α,β-unsaturated/α-hetero) is 1. The van der Waals surface area contributed by atoms with Crippen molar-refractivity contribution in [2.75, 3.05) is 11.9 Å². The van der Waals surface area contributed by atoms with Crippen molar-refractivity contribution in [3.8, 4) is 11.4 Å². The summed E-state index contributed by atoms with van der Waals surface area (Å²) in [5.41, 5.74) is 5.18. The van der Waals surface area contributed by atoms with Crippen molar-refractivity contribution in [3.05, 3.63) is 70.4 Å². The summed E-state index contributed by atoms with van der Waals surface area (Å²) in [6.07, 6.45) is 1.03. The highest BCUT2D eigenvalue weighted by Crippen LogP contribution is 2.38. The molecule has 0 fully saturated rings. The minimum absolute atomic E-state index is 0.0822. The molecule has 6 heteroatoms. The minimum atomic E-state index is -0.564. The Bertz CT molecular complexity index is 1130. The molecule has 1 N–H and O–H groups in total. The number of benzene rings is 2. The Morgan fingerprint density at radius 3 is 2.45 bits per heavy atom. The number of rotatable bonds is 6. The van der Waals surface area contributed by atoms with Crippen LogP contribution in [0.4, 0.5) is 5.82 Å². The number of hydrogen-bond acceptors (Lipinski definition) is 4. The zero-order valence-corrected chi connectivity index (χ0v) is 18.4. The molecule has 1 aromatic heterocycles. The zero-order valence-electron chi connectivity index (χ0n) is 18.4. The summed E-state index contributed by atoms with van der Waals surface area (Å²) in [5, 5.41) is 7.63. The summed E-state index contributed by atoms with van der Waals surface area (Å²) in [4.78, 5) is 25.9. The van der Waals surface area contributed by atoms with Crippen molar-refractivity contribution in [1.82, 2.24) is 9.78 Å². The normalized spacial score (nSPS) is 15.4. The fourth-order valence-corrected chi connectivity index (χ4v) is 4.17. The maximum Gasteiger partial charge on any atom is 0.226 e. The number of nitrogens with zero attached hydrogens (tertiary/aromatic N) is 2. The molecule has 31 heavy (non-hydrogen) atoms. The van der Waals surface area contributed by atoms with E-state index in [2.05, 4.69) is 16.5 Å². The second kappa shape index (κ2) is 8.38. The van der Waals surface area contributed by atoms with Gasteiger partial charge in [0, 0.05) is 17.5 Å². The summed E-state index contributed by atoms with van der Waals surface area (Å²) < 4.78 is 7.35. The Hall–Kier alpha value is -3.41. The van der Waals surface area contributed by atoms with Crippen LogP contribution < -0.4 is 10.1 Å². The first-order valence-electron chi connectivity index (χ1n) is 10.6. The van der Waals surface area contributed by atoms with Gasteiger partial charge in [0.1, 0.15) is 11.6 Å². The van der Waals surface area contributed by atoms with Crippen molar-refractivity contribution in [2.24, 2.45) is 0 Å². The van der Waals surface area contributed by atoms with Crippen LogP contribution >= 0.6 is 0 Å². The molecule has 2 aromatic carbocycles. The molecule has 0 spiro atoms. The fourth-order valence-electron chi connectivity index (χ4n) is 4.17. The zero-order chi connectivity index (χ0) is 22.1. The lowest BCUT2D eigenvalue weighted by Gasteiger charge is -2.23. The monoisotopic (exact) mass is 417 g/mol. The van der Waals surface area contributed by atoms with E-state index in [1.165, 1.54) is 0 Å². The van der Waals surface area contributed by atoms with Gasteiger partial charge in [0.2, 0.25) is 5.91 Å². The van der Waals surface area contributed by atoms with Crippen molar-refractivity contribution in [3.63, 3.8) is 0 Å². The van der Waals surface area contributed by atoms with Gasteiger partial charge in [-0.1, -0.05) is 13.0 Å². The lowest BCUT2D eigenvalue weighted by molar-refractivity contribution is -0.116. The molecule has 3 aromatic rings. The number of amides is 1. The van der Waals surface area contributed by atoms with E-state index in [4.69, 9.17) is 4.74 Å². The van der Waals surface area contributed by atoms with Crippen LogP contribution in [0.5, 0.6) is 5.75 Å². The number of aromatic nitrogens is 2. The number of ketones is 1. The number of carbonyl (C=O) groups is 2. The first kappa shape index (κ1) is 20.8. The predicted molar refractivity (Wildman–Crippen MR) is 120 cm³/mol. The molecule has 0 unspecified atom stereocenters. The number of nitrogens with one attached hydrogen (secondary N) is 1. The Balaban J connectivity index is 1.72. The van der Waals surface area contributed by atoms with Gasteiger partial charge < -0.3 is 10.1 Å². The molecule has 0 radical (unpaired) electrons. The predicted octanol–water partition coefficient (Wildman–Crippen LogP) is 4.90. The number of ether oxygens (including phenoxy) is 1. The average molecular weight is 418 g/mol. The van der Waals surface area contributed by atoms with Gasteiger partial charge in [-0.25, -0.2) is 4.68 Å². The van der Waals surface area contributed by atoms with Crippen molar-refractivity contribution in [1.29, 1.82) is 0 Å². The molecule has 6 nitrogen and oxygen atoms in total. The highest BCUT2D eigenvalue weighted by atomic mass is 16.5. The molecule has 1 amide bonds. The maximum atomic E-state index is 13.4. The topological polar surface area (TPSA) is 73.2 Å². The third kappa shape index (κ3) is 4.10. The van der Waals surface area contributed by atoms with Gasteiger partial charge in [0.05, 0.1) is 23.9 Å². The van der Waals surface area contributed by atoms with Crippen molar-refractivity contribution in [2.45, 2.75) is 46.5 Å². The molecule has 1 aliphatic heterocycles. The Morgan fingerprint density at radius 2 is 1.81 bits per heavy atom. The van der Waals surface area contributed by atoms with Gasteiger partial charge in [-0.05, 0) is 74.7 Å². The maximum absolute atomic E-state index is 13.4. The number of fused-ring (bicyclic) bond motifs is 1. The van der Waals surface area contributed by atoms with Crippen molar-refractivity contribution < 1.29 is 14.3 Å². The molecule has 4 rings (SSSR count). The van der Waals surface area contributed by atoms with Gasteiger partial charge in [0.15, 0.2) is 5.78 Å². The highest BCUT2D eigenvalue weighted by molar-refractivity contribution is 6.08. The first-order chi connectivity index (χ1) is 14.9. The van der Waals surface area contributed by atoms with E-state index in [0.717, 1.165) is 40.2 Å². The standard InChI is InChI=1S/C25H27N3O3/c1-5-10-31-20-8-6-18(7-9-20)24(30)21-14-22(29)26-25-23(21)17(4)27-28(25)19-12-15(2)11-16(3)13-19/h6-9,11-13,21H,5,10,14H2,1-4H3,(H,26,29)/t21-/m1/s1. The first-order valence-corrected chi connectivity index (χ1v) is 10.6.